The quantitative estimate of drug-likeness (QED) is 0.711. The largest absolute Gasteiger partial charge is 0.352 e. The molecule has 2 aromatic rings. The third kappa shape index (κ3) is 4.49. The summed E-state index contributed by atoms with van der Waals surface area (Å²) in [4.78, 5) is 44.4. The van der Waals surface area contributed by atoms with Crippen LogP contribution >= 0.6 is 0 Å². The number of hydrogen-bond acceptors (Lipinski definition) is 4. The zero-order chi connectivity index (χ0) is 24.3. The summed E-state index contributed by atoms with van der Waals surface area (Å²) in [5.41, 5.74) is 0.0957. The molecule has 2 aliphatic rings. The van der Waals surface area contributed by atoms with Gasteiger partial charge in [0.1, 0.15) is 17.9 Å². The third-order valence-corrected chi connectivity index (χ3v) is 6.92. The monoisotopic (exact) mass is 466 g/mol. The van der Waals surface area contributed by atoms with Crippen molar-refractivity contribution in [3.8, 4) is 0 Å². The minimum Gasteiger partial charge on any atom is -0.352 e. The number of halogens is 1. The van der Waals surface area contributed by atoms with E-state index in [0.29, 0.717) is 32.6 Å². The van der Waals surface area contributed by atoms with Crippen LogP contribution in [0.3, 0.4) is 0 Å². The first-order chi connectivity index (χ1) is 16.4. The van der Waals surface area contributed by atoms with E-state index in [1.165, 1.54) is 12.1 Å². The number of benzene rings is 2. The summed E-state index contributed by atoms with van der Waals surface area (Å²) in [7, 11) is 0. The van der Waals surface area contributed by atoms with E-state index < -0.39 is 11.4 Å². The zero-order valence-electron chi connectivity index (χ0n) is 19.7. The third-order valence-electron chi connectivity index (χ3n) is 6.92. The fourth-order valence-corrected chi connectivity index (χ4v) is 4.80. The maximum absolute atomic E-state index is 14.2. The second-order valence-electron chi connectivity index (χ2n) is 9.09. The second-order valence-corrected chi connectivity index (χ2v) is 9.09. The maximum atomic E-state index is 14.2. The lowest BCUT2D eigenvalue weighted by atomic mass is 9.85. The van der Waals surface area contributed by atoms with Crippen LogP contribution in [-0.2, 0) is 9.59 Å². The van der Waals surface area contributed by atoms with E-state index in [2.05, 4.69) is 10.2 Å². The predicted octanol–water partition coefficient (Wildman–Crippen LogP) is 3.02. The van der Waals surface area contributed by atoms with E-state index in [1.807, 2.05) is 44.2 Å². The van der Waals surface area contributed by atoms with Crippen LogP contribution < -0.4 is 10.2 Å². The number of hydrogen-bond donors (Lipinski definition) is 1. The second kappa shape index (κ2) is 9.83. The van der Waals surface area contributed by atoms with E-state index in [1.54, 1.807) is 21.9 Å². The van der Waals surface area contributed by atoms with E-state index in [4.69, 9.17) is 0 Å². The summed E-state index contributed by atoms with van der Waals surface area (Å²) in [6.45, 7) is 4.88. The lowest BCUT2D eigenvalue weighted by molar-refractivity contribution is -0.137. The van der Waals surface area contributed by atoms with Crippen LogP contribution in [-0.4, -0.2) is 65.4 Å². The van der Waals surface area contributed by atoms with Crippen molar-refractivity contribution in [1.29, 1.82) is 0 Å². The Morgan fingerprint density at radius 1 is 1.06 bits per heavy atom. The first-order valence-corrected chi connectivity index (χ1v) is 11.8. The van der Waals surface area contributed by atoms with Crippen LogP contribution in [0.1, 0.15) is 43.5 Å². The number of nitrogens with one attached hydrogen (secondary N) is 1. The van der Waals surface area contributed by atoms with Gasteiger partial charge in [-0.1, -0.05) is 37.3 Å². The lowest BCUT2D eigenvalue weighted by Crippen LogP contribution is -2.57. The normalized spacial score (nSPS) is 18.3. The average Bonchev–Trinajstić information content (AvgIpc) is 3.11. The van der Waals surface area contributed by atoms with Gasteiger partial charge in [-0.15, -0.1) is 0 Å². The first-order valence-electron chi connectivity index (χ1n) is 11.8. The van der Waals surface area contributed by atoms with Crippen molar-refractivity contribution < 1.29 is 18.8 Å². The molecule has 0 saturated carbocycles. The lowest BCUT2D eigenvalue weighted by Gasteiger charge is -2.43. The minimum absolute atomic E-state index is 0.00781. The SMILES string of the molecule is CCC(C)NC(=O)CN1CN(c2ccccc2)C2(CCN(C(=O)c3ccccc3F)CC2)C1=O. The molecular weight excluding hydrogens is 435 g/mol. The summed E-state index contributed by atoms with van der Waals surface area (Å²) in [5.74, 6) is -1.20. The highest BCUT2D eigenvalue weighted by molar-refractivity contribution is 5.97. The number of piperidine rings is 1. The molecule has 0 aromatic heterocycles. The molecule has 2 aliphatic heterocycles. The Balaban J connectivity index is 1.54. The molecule has 4 rings (SSSR count). The number of carbonyl (C=O) groups is 3. The van der Waals surface area contributed by atoms with Crippen molar-refractivity contribution in [2.75, 3.05) is 31.2 Å². The Bertz CT molecular complexity index is 1050. The topological polar surface area (TPSA) is 73.0 Å². The van der Waals surface area contributed by atoms with Crippen molar-refractivity contribution in [2.24, 2.45) is 0 Å². The van der Waals surface area contributed by atoms with Gasteiger partial charge in [0, 0.05) is 24.8 Å². The number of amides is 3. The summed E-state index contributed by atoms with van der Waals surface area (Å²) in [6, 6.07) is 15.7. The molecule has 0 radical (unpaired) electrons. The molecule has 7 nitrogen and oxygen atoms in total. The van der Waals surface area contributed by atoms with Crippen molar-refractivity contribution in [3.63, 3.8) is 0 Å². The predicted molar refractivity (Wildman–Crippen MR) is 128 cm³/mol. The number of rotatable bonds is 6. The number of anilines is 1. The van der Waals surface area contributed by atoms with Crippen LogP contribution in [0.5, 0.6) is 0 Å². The minimum atomic E-state index is -0.843. The molecule has 2 heterocycles. The number of carbonyl (C=O) groups excluding carboxylic acids is 3. The molecule has 1 N–H and O–H groups in total. The van der Waals surface area contributed by atoms with Crippen LogP contribution in [0.15, 0.2) is 54.6 Å². The number of likely N-dealkylation sites (tertiary alicyclic amines) is 1. The molecule has 3 amide bonds. The fourth-order valence-electron chi connectivity index (χ4n) is 4.80. The summed E-state index contributed by atoms with van der Waals surface area (Å²) in [5, 5.41) is 2.93. The van der Waals surface area contributed by atoms with Crippen molar-refractivity contribution in [2.45, 2.75) is 44.7 Å². The zero-order valence-corrected chi connectivity index (χ0v) is 19.7. The molecule has 2 saturated heterocycles. The molecule has 1 spiro atoms. The van der Waals surface area contributed by atoms with Gasteiger partial charge < -0.3 is 20.0 Å². The van der Waals surface area contributed by atoms with Gasteiger partial charge in [-0.05, 0) is 50.5 Å². The molecule has 2 fully saturated rings. The molecule has 8 heteroatoms. The van der Waals surface area contributed by atoms with Crippen LogP contribution in [0.25, 0.3) is 0 Å². The first kappa shape index (κ1) is 23.7. The molecular formula is C26H31FN4O3. The molecule has 0 bridgehead atoms. The summed E-state index contributed by atoms with van der Waals surface area (Å²) in [6.07, 6.45) is 1.63. The smallest absolute Gasteiger partial charge is 0.256 e. The van der Waals surface area contributed by atoms with E-state index in [0.717, 1.165) is 12.1 Å². The van der Waals surface area contributed by atoms with Crippen LogP contribution in [0.4, 0.5) is 10.1 Å². The van der Waals surface area contributed by atoms with Gasteiger partial charge in [-0.25, -0.2) is 4.39 Å². The van der Waals surface area contributed by atoms with Gasteiger partial charge in [-0.2, -0.15) is 0 Å². The van der Waals surface area contributed by atoms with E-state index in [-0.39, 0.29) is 35.9 Å². The summed E-state index contributed by atoms with van der Waals surface area (Å²) >= 11 is 0. The van der Waals surface area contributed by atoms with Gasteiger partial charge in [-0.3, -0.25) is 14.4 Å². The molecule has 0 aliphatic carbocycles. The molecule has 1 atom stereocenters. The molecule has 34 heavy (non-hydrogen) atoms. The fraction of sp³-hybridized carbons (Fsp3) is 0.423. The van der Waals surface area contributed by atoms with Gasteiger partial charge >= 0.3 is 0 Å². The van der Waals surface area contributed by atoms with Crippen molar-refractivity contribution in [3.05, 3.63) is 66.0 Å². The van der Waals surface area contributed by atoms with Gasteiger partial charge in [0.15, 0.2) is 0 Å². The van der Waals surface area contributed by atoms with Gasteiger partial charge in [0.2, 0.25) is 5.91 Å². The standard InChI is InChI=1S/C26H31FN4O3/c1-3-19(2)28-23(32)17-30-18-31(20-9-5-4-6-10-20)26(25(30)34)13-15-29(16-14-26)24(33)21-11-7-8-12-22(21)27/h4-12,19H,3,13-18H2,1-2H3,(H,28,32). The highest BCUT2D eigenvalue weighted by Crippen LogP contribution is 2.39. The van der Waals surface area contributed by atoms with Gasteiger partial charge in [0.25, 0.3) is 11.8 Å². The Morgan fingerprint density at radius 2 is 1.71 bits per heavy atom. The Morgan fingerprint density at radius 3 is 2.35 bits per heavy atom. The highest BCUT2D eigenvalue weighted by atomic mass is 19.1. The van der Waals surface area contributed by atoms with Crippen molar-refractivity contribution in [1.82, 2.24) is 15.1 Å². The van der Waals surface area contributed by atoms with Crippen LogP contribution in [0.2, 0.25) is 0 Å². The van der Waals surface area contributed by atoms with Gasteiger partial charge in [0.05, 0.1) is 12.2 Å². The van der Waals surface area contributed by atoms with E-state index in [9.17, 15) is 18.8 Å². The Hall–Kier alpha value is -3.42. The van der Waals surface area contributed by atoms with Crippen molar-refractivity contribution >= 4 is 23.4 Å². The highest BCUT2D eigenvalue weighted by Gasteiger charge is 2.54. The molecule has 1 unspecified atom stereocenters. The maximum Gasteiger partial charge on any atom is 0.256 e. The Labute approximate surface area is 199 Å². The number of para-hydroxylation sites is 1. The molecule has 180 valence electrons. The molecule has 2 aromatic carbocycles. The Kier molecular flexibility index (Phi) is 6.86. The van der Waals surface area contributed by atoms with Crippen LogP contribution in [0, 0.1) is 5.82 Å². The summed E-state index contributed by atoms with van der Waals surface area (Å²) < 4.78 is 14.2. The number of nitrogens with zero attached hydrogens (tertiary/aromatic N) is 3. The van der Waals surface area contributed by atoms with E-state index >= 15 is 0 Å². The average molecular weight is 467 g/mol.